The fourth-order valence-corrected chi connectivity index (χ4v) is 4.18. The predicted molar refractivity (Wildman–Crippen MR) is 170 cm³/mol. The number of rotatable bonds is 16. The van der Waals surface area contributed by atoms with Crippen molar-refractivity contribution in [2.45, 2.75) is 40.5 Å². The maximum absolute atomic E-state index is 12.6. The van der Waals surface area contributed by atoms with Crippen LogP contribution in [0.4, 0.5) is 0 Å². The molecule has 0 bridgehead atoms. The van der Waals surface area contributed by atoms with Gasteiger partial charge in [0.05, 0.1) is 30.3 Å². The first-order valence-corrected chi connectivity index (χ1v) is 14.9. The van der Waals surface area contributed by atoms with E-state index in [-0.39, 0.29) is 59.9 Å². The molecule has 0 aliphatic heterocycles. The molecule has 0 saturated heterocycles. The summed E-state index contributed by atoms with van der Waals surface area (Å²) in [6, 6.07) is 18.3. The second-order valence-electron chi connectivity index (χ2n) is 11.4. The Kier molecular flexibility index (Phi) is 13.5. The lowest BCUT2D eigenvalue weighted by atomic mass is 9.83. The molecule has 10 heteroatoms. The average Bonchev–Trinajstić information content (AvgIpc) is 3.04. The van der Waals surface area contributed by atoms with Crippen molar-refractivity contribution in [2.24, 2.45) is 11.3 Å². The molecule has 0 spiro atoms. The summed E-state index contributed by atoms with van der Waals surface area (Å²) in [5, 5.41) is 0. The number of ether oxygens (including phenoxy) is 6. The molecule has 3 aromatic carbocycles. The lowest BCUT2D eigenvalue weighted by Crippen LogP contribution is -2.24. The van der Waals surface area contributed by atoms with Gasteiger partial charge in [-0.15, -0.1) is 0 Å². The molecule has 0 aliphatic carbocycles. The van der Waals surface area contributed by atoms with Gasteiger partial charge in [0, 0.05) is 6.08 Å². The summed E-state index contributed by atoms with van der Waals surface area (Å²) in [6.45, 7) is 12.7. The van der Waals surface area contributed by atoms with Crippen molar-refractivity contribution in [2.75, 3.05) is 26.4 Å². The van der Waals surface area contributed by atoms with E-state index < -0.39 is 17.9 Å². The normalized spacial score (nSPS) is 11.6. The number of carbonyl (C=O) groups is 4. The number of esters is 4. The van der Waals surface area contributed by atoms with Gasteiger partial charge < -0.3 is 28.4 Å². The van der Waals surface area contributed by atoms with Crippen molar-refractivity contribution >= 4 is 23.9 Å². The number of carbonyl (C=O) groups excluding carboxylic acids is 4. The Morgan fingerprint density at radius 3 is 1.61 bits per heavy atom. The fourth-order valence-electron chi connectivity index (χ4n) is 4.18. The lowest BCUT2D eigenvalue weighted by Gasteiger charge is -2.23. The summed E-state index contributed by atoms with van der Waals surface area (Å²) in [4.78, 5) is 48.6. The molecule has 10 nitrogen and oxygen atoms in total. The first-order valence-electron chi connectivity index (χ1n) is 14.9. The van der Waals surface area contributed by atoms with E-state index in [9.17, 15) is 19.2 Å². The van der Waals surface area contributed by atoms with Gasteiger partial charge in [-0.25, -0.2) is 14.4 Å². The Balaban J connectivity index is 1.36. The summed E-state index contributed by atoms with van der Waals surface area (Å²) >= 11 is 0. The molecule has 0 N–H and O–H groups in total. The SMILES string of the molecule is C=CC(=O)Oc1ccc(OC(=O)c2ccc(OC(=O)c3ccc(OCCOCCOC(=O)C(CC)CC(C)(C)C)cc3)cc2)cc1. The molecular formula is C36H40O10. The second kappa shape index (κ2) is 17.5. The average molecular weight is 633 g/mol. The molecule has 46 heavy (non-hydrogen) atoms. The first-order chi connectivity index (χ1) is 22.0. The van der Waals surface area contributed by atoms with Crippen molar-refractivity contribution in [3.05, 3.63) is 96.6 Å². The molecular weight excluding hydrogens is 592 g/mol. The Morgan fingerprint density at radius 1 is 0.674 bits per heavy atom. The molecule has 0 aromatic heterocycles. The van der Waals surface area contributed by atoms with Crippen LogP contribution in [0.2, 0.25) is 0 Å². The number of hydrogen-bond donors (Lipinski definition) is 0. The quantitative estimate of drug-likeness (QED) is 0.0737. The van der Waals surface area contributed by atoms with Gasteiger partial charge in [-0.1, -0.05) is 34.3 Å². The predicted octanol–water partition coefficient (Wildman–Crippen LogP) is 6.62. The third kappa shape index (κ3) is 12.2. The largest absolute Gasteiger partial charge is 0.491 e. The van der Waals surface area contributed by atoms with E-state index in [1.165, 1.54) is 48.5 Å². The Hall–Kier alpha value is -4.96. The van der Waals surface area contributed by atoms with Crippen molar-refractivity contribution in [1.82, 2.24) is 0 Å². The zero-order valence-electron chi connectivity index (χ0n) is 26.6. The van der Waals surface area contributed by atoms with Gasteiger partial charge in [0.2, 0.25) is 0 Å². The molecule has 3 aromatic rings. The van der Waals surface area contributed by atoms with Crippen molar-refractivity contribution in [3.63, 3.8) is 0 Å². The molecule has 0 saturated carbocycles. The topological polar surface area (TPSA) is 124 Å². The molecule has 0 amide bonds. The van der Waals surface area contributed by atoms with E-state index in [0.29, 0.717) is 17.9 Å². The van der Waals surface area contributed by atoms with Crippen LogP contribution in [-0.2, 0) is 19.1 Å². The highest BCUT2D eigenvalue weighted by Crippen LogP contribution is 2.27. The lowest BCUT2D eigenvalue weighted by molar-refractivity contribution is -0.151. The summed E-state index contributed by atoms with van der Waals surface area (Å²) in [5.74, 6) is -0.757. The number of hydrogen-bond acceptors (Lipinski definition) is 10. The zero-order chi connectivity index (χ0) is 33.5. The summed E-state index contributed by atoms with van der Waals surface area (Å²) in [5.41, 5.74) is 0.616. The van der Waals surface area contributed by atoms with E-state index in [1.54, 1.807) is 24.3 Å². The van der Waals surface area contributed by atoms with Crippen LogP contribution in [0.25, 0.3) is 0 Å². The summed E-state index contributed by atoms with van der Waals surface area (Å²) < 4.78 is 32.2. The standard InChI is InChI=1S/C36H40O10/c1-6-25(24-36(3,4)5)33(38)43-23-21-41-20-22-42-28-12-8-26(9-13-28)34(39)45-30-14-10-27(11-15-30)35(40)46-31-18-16-29(17-19-31)44-32(37)7-2/h7-19,25H,2,6,20-24H2,1,3-5H3. The second-order valence-corrected chi connectivity index (χ2v) is 11.4. The molecule has 0 aliphatic rings. The maximum Gasteiger partial charge on any atom is 0.343 e. The van der Waals surface area contributed by atoms with E-state index >= 15 is 0 Å². The van der Waals surface area contributed by atoms with Gasteiger partial charge in [0.25, 0.3) is 0 Å². The van der Waals surface area contributed by atoms with Crippen LogP contribution in [0.5, 0.6) is 23.0 Å². The Morgan fingerprint density at radius 2 is 1.13 bits per heavy atom. The Bertz CT molecular complexity index is 1450. The van der Waals surface area contributed by atoms with Crippen LogP contribution in [0.15, 0.2) is 85.5 Å². The van der Waals surface area contributed by atoms with Gasteiger partial charge in [-0.05, 0) is 91.1 Å². The highest BCUT2D eigenvalue weighted by molar-refractivity contribution is 5.92. The summed E-state index contributed by atoms with van der Waals surface area (Å²) in [7, 11) is 0. The molecule has 1 atom stereocenters. The smallest absolute Gasteiger partial charge is 0.343 e. The molecule has 0 fully saturated rings. The van der Waals surface area contributed by atoms with Crippen molar-refractivity contribution in [1.29, 1.82) is 0 Å². The van der Waals surface area contributed by atoms with Gasteiger partial charge in [0.1, 0.15) is 36.2 Å². The van der Waals surface area contributed by atoms with E-state index in [4.69, 9.17) is 28.4 Å². The van der Waals surface area contributed by atoms with Gasteiger partial charge >= 0.3 is 23.9 Å². The van der Waals surface area contributed by atoms with E-state index in [0.717, 1.165) is 18.9 Å². The van der Waals surface area contributed by atoms with Crippen LogP contribution in [0.1, 0.15) is 61.3 Å². The van der Waals surface area contributed by atoms with Crippen LogP contribution < -0.4 is 18.9 Å². The zero-order valence-corrected chi connectivity index (χ0v) is 26.6. The van der Waals surface area contributed by atoms with Gasteiger partial charge in [-0.3, -0.25) is 4.79 Å². The Labute approximate surface area is 269 Å². The van der Waals surface area contributed by atoms with Crippen LogP contribution >= 0.6 is 0 Å². The minimum atomic E-state index is -0.616. The van der Waals surface area contributed by atoms with Gasteiger partial charge in [-0.2, -0.15) is 0 Å². The third-order valence-electron chi connectivity index (χ3n) is 6.46. The third-order valence-corrected chi connectivity index (χ3v) is 6.46. The van der Waals surface area contributed by atoms with Crippen molar-refractivity contribution < 1.29 is 47.6 Å². The molecule has 244 valence electrons. The van der Waals surface area contributed by atoms with Gasteiger partial charge in [0.15, 0.2) is 0 Å². The summed E-state index contributed by atoms with van der Waals surface area (Å²) in [6.07, 6.45) is 2.56. The minimum Gasteiger partial charge on any atom is -0.491 e. The minimum absolute atomic E-state index is 0.0577. The van der Waals surface area contributed by atoms with Crippen LogP contribution in [0, 0.1) is 11.3 Å². The molecule has 0 radical (unpaired) electrons. The number of benzene rings is 3. The monoisotopic (exact) mass is 632 g/mol. The highest BCUT2D eigenvalue weighted by Gasteiger charge is 2.24. The fraction of sp³-hybridized carbons (Fsp3) is 0.333. The highest BCUT2D eigenvalue weighted by atomic mass is 16.6. The maximum atomic E-state index is 12.6. The van der Waals surface area contributed by atoms with Crippen LogP contribution in [-0.4, -0.2) is 50.3 Å². The molecule has 1 unspecified atom stereocenters. The molecule has 0 heterocycles. The van der Waals surface area contributed by atoms with E-state index in [2.05, 4.69) is 27.4 Å². The molecule has 3 rings (SSSR count). The first kappa shape index (κ1) is 35.5. The van der Waals surface area contributed by atoms with E-state index in [1.807, 2.05) is 6.92 Å². The van der Waals surface area contributed by atoms with Crippen molar-refractivity contribution in [3.8, 4) is 23.0 Å². The van der Waals surface area contributed by atoms with Crippen LogP contribution in [0.3, 0.4) is 0 Å².